The number of hydrazine groups is 1. The van der Waals surface area contributed by atoms with E-state index in [1.54, 1.807) is 0 Å². The maximum absolute atomic E-state index is 11.6. The van der Waals surface area contributed by atoms with Crippen molar-refractivity contribution in [3.63, 3.8) is 0 Å². The van der Waals surface area contributed by atoms with Crippen LogP contribution in [0.3, 0.4) is 0 Å². The van der Waals surface area contributed by atoms with Gasteiger partial charge in [-0.05, 0) is 19.3 Å². The van der Waals surface area contributed by atoms with Gasteiger partial charge in [-0.1, -0.05) is 51.9 Å². The van der Waals surface area contributed by atoms with Crippen LogP contribution in [0.1, 0.15) is 77.6 Å². The van der Waals surface area contributed by atoms with Crippen molar-refractivity contribution in [2.24, 2.45) is 0 Å². The van der Waals surface area contributed by atoms with Crippen molar-refractivity contribution in [1.29, 1.82) is 0 Å². The van der Waals surface area contributed by atoms with E-state index in [4.69, 9.17) is 0 Å². The summed E-state index contributed by atoms with van der Waals surface area (Å²) in [7, 11) is 0. The molecule has 0 aromatic rings. The quantitative estimate of drug-likeness (QED) is 0.496. The predicted molar refractivity (Wildman–Crippen MR) is 80.1 cm³/mol. The molecule has 0 aliphatic heterocycles. The summed E-state index contributed by atoms with van der Waals surface area (Å²) >= 11 is 0. The summed E-state index contributed by atoms with van der Waals surface area (Å²) in [6.45, 7) is 2.17. The lowest BCUT2D eigenvalue weighted by Gasteiger charge is -2.22. The first-order valence-electron chi connectivity index (χ1n) is 8.07. The molecule has 0 radical (unpaired) electrons. The molecule has 0 heterocycles. The number of carbonyl (C=O) groups excluding carboxylic acids is 2. The van der Waals surface area contributed by atoms with Gasteiger partial charge in [0.1, 0.15) is 0 Å². The van der Waals surface area contributed by atoms with E-state index in [1.807, 2.05) is 0 Å². The summed E-state index contributed by atoms with van der Waals surface area (Å²) in [6, 6.07) is -0.0362. The molecule has 1 fully saturated rings. The van der Waals surface area contributed by atoms with Gasteiger partial charge in [-0.3, -0.25) is 10.2 Å². The Morgan fingerprint density at radius 1 is 0.950 bits per heavy atom. The lowest BCUT2D eigenvalue weighted by Crippen LogP contribution is -2.50. The normalized spacial score (nSPS) is 15.7. The number of hydrogen-bond acceptors (Lipinski definition) is 2. The summed E-state index contributed by atoms with van der Waals surface area (Å²) in [5, 5.41) is 2.89. The molecule has 116 valence electrons. The van der Waals surface area contributed by atoms with Gasteiger partial charge in [0.25, 0.3) is 0 Å². The Balaban J connectivity index is 2.00. The van der Waals surface area contributed by atoms with Gasteiger partial charge in [0.05, 0.1) is 0 Å². The Morgan fingerprint density at radius 3 is 2.35 bits per heavy atom. The van der Waals surface area contributed by atoms with Crippen molar-refractivity contribution < 1.29 is 9.59 Å². The first kappa shape index (κ1) is 16.8. The van der Waals surface area contributed by atoms with Crippen molar-refractivity contribution in [1.82, 2.24) is 16.2 Å². The van der Waals surface area contributed by atoms with Gasteiger partial charge in [-0.2, -0.15) is 0 Å². The molecule has 3 N–H and O–H groups in total. The van der Waals surface area contributed by atoms with Crippen LogP contribution in [-0.4, -0.2) is 18.0 Å². The second kappa shape index (κ2) is 10.5. The van der Waals surface area contributed by atoms with Crippen molar-refractivity contribution in [2.75, 3.05) is 0 Å². The largest absolute Gasteiger partial charge is 0.334 e. The fourth-order valence-electron chi connectivity index (χ4n) is 2.55. The third-order valence-corrected chi connectivity index (χ3v) is 3.76. The van der Waals surface area contributed by atoms with Gasteiger partial charge in [-0.25, -0.2) is 10.2 Å². The molecular weight excluding hydrogens is 254 g/mol. The van der Waals surface area contributed by atoms with Crippen LogP contribution in [0.2, 0.25) is 0 Å². The van der Waals surface area contributed by atoms with Crippen molar-refractivity contribution in [2.45, 2.75) is 83.6 Å². The third-order valence-electron chi connectivity index (χ3n) is 3.76. The van der Waals surface area contributed by atoms with Crippen LogP contribution in [0.15, 0.2) is 0 Å². The maximum Gasteiger partial charge on any atom is 0.333 e. The van der Waals surface area contributed by atoms with Gasteiger partial charge in [0.2, 0.25) is 5.91 Å². The minimum Gasteiger partial charge on any atom is -0.334 e. The summed E-state index contributed by atoms with van der Waals surface area (Å²) in [4.78, 5) is 23.1. The van der Waals surface area contributed by atoms with Crippen molar-refractivity contribution >= 4 is 11.9 Å². The molecular formula is C15H29N3O2. The molecule has 20 heavy (non-hydrogen) atoms. The van der Waals surface area contributed by atoms with Gasteiger partial charge >= 0.3 is 6.03 Å². The Bertz CT molecular complexity index is 289. The molecule has 0 spiro atoms. The number of urea groups is 1. The number of rotatable bonds is 7. The van der Waals surface area contributed by atoms with Crippen LogP contribution in [0.4, 0.5) is 4.79 Å². The predicted octanol–water partition coefficient (Wildman–Crippen LogP) is 3.01. The average Bonchev–Trinajstić information content (AvgIpc) is 2.46. The molecule has 1 aliphatic rings. The van der Waals surface area contributed by atoms with Crippen molar-refractivity contribution in [3.05, 3.63) is 0 Å². The number of amides is 3. The van der Waals surface area contributed by atoms with E-state index in [-0.39, 0.29) is 18.0 Å². The topological polar surface area (TPSA) is 70.2 Å². The van der Waals surface area contributed by atoms with E-state index in [0.29, 0.717) is 6.42 Å². The highest BCUT2D eigenvalue weighted by atomic mass is 16.2. The minimum absolute atomic E-state index is 0.111. The molecule has 0 aromatic heterocycles. The average molecular weight is 283 g/mol. The number of hydrogen-bond donors (Lipinski definition) is 3. The van der Waals surface area contributed by atoms with Crippen LogP contribution in [0, 0.1) is 0 Å². The van der Waals surface area contributed by atoms with E-state index in [1.165, 1.54) is 38.5 Å². The summed E-state index contributed by atoms with van der Waals surface area (Å²) in [5.74, 6) is -0.111. The van der Waals surface area contributed by atoms with Crippen LogP contribution in [0.5, 0.6) is 0 Å². The molecule has 1 saturated carbocycles. The molecule has 0 saturated heterocycles. The molecule has 1 rings (SSSR count). The van der Waals surface area contributed by atoms with Gasteiger partial charge < -0.3 is 5.32 Å². The number of nitrogens with one attached hydrogen (secondary N) is 3. The van der Waals surface area contributed by atoms with Gasteiger partial charge in [0, 0.05) is 12.5 Å². The SMILES string of the molecule is CCCCCCCC(=O)NNC(=O)NC1CCCCC1. The monoisotopic (exact) mass is 283 g/mol. The molecule has 0 atom stereocenters. The second-order valence-corrected chi connectivity index (χ2v) is 5.65. The van der Waals surface area contributed by atoms with E-state index in [0.717, 1.165) is 25.7 Å². The highest BCUT2D eigenvalue weighted by Gasteiger charge is 2.15. The molecule has 0 aromatic carbocycles. The molecule has 5 heteroatoms. The zero-order chi connectivity index (χ0) is 14.6. The third kappa shape index (κ3) is 8.02. The Kier molecular flexibility index (Phi) is 8.83. The molecule has 5 nitrogen and oxygen atoms in total. The van der Waals surface area contributed by atoms with E-state index in [9.17, 15) is 9.59 Å². The molecule has 0 unspecified atom stereocenters. The Morgan fingerprint density at radius 2 is 1.65 bits per heavy atom. The van der Waals surface area contributed by atoms with Crippen LogP contribution in [-0.2, 0) is 4.79 Å². The number of unbranched alkanes of at least 4 members (excludes halogenated alkanes) is 4. The molecule has 1 aliphatic carbocycles. The lowest BCUT2D eigenvalue weighted by molar-refractivity contribution is -0.121. The lowest BCUT2D eigenvalue weighted by atomic mass is 9.96. The Hall–Kier alpha value is -1.26. The summed E-state index contributed by atoms with van der Waals surface area (Å²) in [6.07, 6.45) is 11.7. The van der Waals surface area contributed by atoms with Gasteiger partial charge in [-0.15, -0.1) is 0 Å². The van der Waals surface area contributed by atoms with Crippen LogP contribution in [0.25, 0.3) is 0 Å². The fourth-order valence-corrected chi connectivity index (χ4v) is 2.55. The maximum atomic E-state index is 11.6. The zero-order valence-corrected chi connectivity index (χ0v) is 12.7. The van der Waals surface area contributed by atoms with E-state index >= 15 is 0 Å². The molecule has 0 bridgehead atoms. The van der Waals surface area contributed by atoms with Crippen LogP contribution < -0.4 is 16.2 Å². The first-order valence-corrected chi connectivity index (χ1v) is 8.07. The highest BCUT2D eigenvalue weighted by Crippen LogP contribution is 2.16. The second-order valence-electron chi connectivity index (χ2n) is 5.65. The van der Waals surface area contributed by atoms with E-state index in [2.05, 4.69) is 23.1 Å². The smallest absolute Gasteiger partial charge is 0.333 e. The standard InChI is InChI=1S/C15H29N3O2/c1-2-3-4-5-9-12-14(19)17-18-15(20)16-13-10-7-6-8-11-13/h13H,2-12H2,1H3,(H,17,19)(H2,16,18,20). The Labute approximate surface area is 122 Å². The fraction of sp³-hybridized carbons (Fsp3) is 0.867. The van der Waals surface area contributed by atoms with Crippen LogP contribution >= 0.6 is 0 Å². The van der Waals surface area contributed by atoms with E-state index < -0.39 is 0 Å². The van der Waals surface area contributed by atoms with Gasteiger partial charge in [0.15, 0.2) is 0 Å². The number of carbonyl (C=O) groups is 2. The van der Waals surface area contributed by atoms with Crippen molar-refractivity contribution in [3.8, 4) is 0 Å². The summed E-state index contributed by atoms with van der Waals surface area (Å²) in [5.41, 5.74) is 4.89. The zero-order valence-electron chi connectivity index (χ0n) is 12.7. The highest BCUT2D eigenvalue weighted by molar-refractivity contribution is 5.81. The molecule has 3 amide bonds. The summed E-state index contributed by atoms with van der Waals surface area (Å²) < 4.78 is 0. The minimum atomic E-state index is -0.295. The first-order chi connectivity index (χ1) is 9.72.